The zero-order chi connectivity index (χ0) is 16.8. The SMILES string of the molecule is COC1CCC(NC(=O)NC[C@@H](O)C2CCCCC2F)CC1Cl. The van der Waals surface area contributed by atoms with Crippen LogP contribution in [0.5, 0.6) is 0 Å². The lowest BCUT2D eigenvalue weighted by molar-refractivity contribution is 0.0318. The molecule has 6 atom stereocenters. The molecule has 0 aromatic carbocycles. The smallest absolute Gasteiger partial charge is 0.315 e. The number of carbonyl (C=O) groups excluding carboxylic acids is 1. The van der Waals surface area contributed by atoms with Crippen LogP contribution in [-0.4, -0.2) is 54.6 Å². The molecule has 0 aromatic rings. The Balaban J connectivity index is 1.68. The Morgan fingerprint density at radius 1 is 1.35 bits per heavy atom. The Hall–Kier alpha value is -0.590. The molecule has 0 aromatic heterocycles. The van der Waals surface area contributed by atoms with E-state index in [1.807, 2.05) is 0 Å². The molecule has 2 fully saturated rings. The second-order valence-corrected chi connectivity index (χ2v) is 7.25. The highest BCUT2D eigenvalue weighted by Crippen LogP contribution is 2.29. The van der Waals surface area contributed by atoms with Crippen LogP contribution in [0, 0.1) is 5.92 Å². The Bertz CT molecular complexity index is 388. The number of carbonyl (C=O) groups is 1. The number of methoxy groups -OCH3 is 1. The van der Waals surface area contributed by atoms with E-state index in [1.165, 1.54) is 0 Å². The van der Waals surface area contributed by atoms with Crippen molar-refractivity contribution in [2.45, 2.75) is 74.7 Å². The van der Waals surface area contributed by atoms with Gasteiger partial charge in [0, 0.05) is 25.6 Å². The van der Waals surface area contributed by atoms with Crippen LogP contribution < -0.4 is 10.6 Å². The average Bonchev–Trinajstić information content (AvgIpc) is 2.53. The van der Waals surface area contributed by atoms with Crippen LogP contribution in [0.2, 0.25) is 0 Å². The molecule has 2 aliphatic carbocycles. The van der Waals surface area contributed by atoms with Gasteiger partial charge in [0.25, 0.3) is 0 Å². The highest BCUT2D eigenvalue weighted by atomic mass is 35.5. The summed E-state index contributed by atoms with van der Waals surface area (Å²) < 4.78 is 19.1. The third kappa shape index (κ3) is 5.47. The molecule has 0 spiro atoms. The van der Waals surface area contributed by atoms with Crippen molar-refractivity contribution in [2.24, 2.45) is 5.92 Å². The summed E-state index contributed by atoms with van der Waals surface area (Å²) in [4.78, 5) is 11.9. The molecule has 134 valence electrons. The van der Waals surface area contributed by atoms with Crippen molar-refractivity contribution < 1.29 is 19.0 Å². The third-order valence-corrected chi connectivity index (χ3v) is 5.51. The largest absolute Gasteiger partial charge is 0.391 e. The fourth-order valence-corrected chi connectivity index (χ4v) is 4.06. The van der Waals surface area contributed by atoms with Gasteiger partial charge in [0.15, 0.2) is 0 Å². The van der Waals surface area contributed by atoms with Crippen molar-refractivity contribution in [3.8, 4) is 0 Å². The van der Waals surface area contributed by atoms with Gasteiger partial charge in [-0.05, 0) is 32.1 Å². The maximum atomic E-state index is 13.8. The molecule has 5 unspecified atom stereocenters. The summed E-state index contributed by atoms with van der Waals surface area (Å²) in [6.07, 6.45) is 3.52. The second-order valence-electron chi connectivity index (χ2n) is 6.69. The predicted molar refractivity (Wildman–Crippen MR) is 87.5 cm³/mol. The van der Waals surface area contributed by atoms with Crippen LogP contribution in [0.3, 0.4) is 0 Å². The quantitative estimate of drug-likeness (QED) is 0.666. The van der Waals surface area contributed by atoms with Crippen LogP contribution in [0.4, 0.5) is 9.18 Å². The fourth-order valence-electron chi connectivity index (χ4n) is 3.62. The van der Waals surface area contributed by atoms with Gasteiger partial charge in [-0.15, -0.1) is 11.6 Å². The number of urea groups is 1. The van der Waals surface area contributed by atoms with E-state index in [-0.39, 0.29) is 36.0 Å². The Morgan fingerprint density at radius 3 is 2.74 bits per heavy atom. The molecule has 0 aliphatic heterocycles. The molecule has 7 heteroatoms. The van der Waals surface area contributed by atoms with E-state index in [4.69, 9.17) is 16.3 Å². The van der Waals surface area contributed by atoms with E-state index < -0.39 is 12.3 Å². The molecule has 0 heterocycles. The van der Waals surface area contributed by atoms with Crippen molar-refractivity contribution in [1.82, 2.24) is 10.6 Å². The fraction of sp³-hybridized carbons (Fsp3) is 0.938. The summed E-state index contributed by atoms with van der Waals surface area (Å²) in [5.41, 5.74) is 0. The topological polar surface area (TPSA) is 70.6 Å². The van der Waals surface area contributed by atoms with E-state index in [1.54, 1.807) is 7.11 Å². The van der Waals surface area contributed by atoms with E-state index in [0.29, 0.717) is 19.3 Å². The number of amides is 2. The summed E-state index contributed by atoms with van der Waals surface area (Å²) in [6, 6.07) is -0.329. The summed E-state index contributed by atoms with van der Waals surface area (Å²) in [7, 11) is 1.64. The van der Waals surface area contributed by atoms with Gasteiger partial charge in [-0.2, -0.15) is 0 Å². The van der Waals surface area contributed by atoms with Gasteiger partial charge in [0.2, 0.25) is 0 Å². The normalized spacial score (nSPS) is 36.3. The minimum absolute atomic E-state index is 0.00430. The molecule has 0 saturated heterocycles. The molecule has 2 amide bonds. The number of aliphatic hydroxyl groups excluding tert-OH is 1. The molecular weight excluding hydrogens is 323 g/mol. The summed E-state index contributed by atoms with van der Waals surface area (Å²) in [6.45, 7) is 0.0780. The van der Waals surface area contributed by atoms with Crippen LogP contribution in [0.1, 0.15) is 44.9 Å². The Morgan fingerprint density at radius 2 is 2.09 bits per heavy atom. The lowest BCUT2D eigenvalue weighted by Gasteiger charge is -2.32. The molecule has 2 aliphatic rings. The molecule has 0 bridgehead atoms. The Labute approximate surface area is 142 Å². The van der Waals surface area contributed by atoms with Crippen molar-refractivity contribution in [3.63, 3.8) is 0 Å². The third-order valence-electron chi connectivity index (χ3n) is 5.05. The molecule has 2 rings (SSSR count). The van der Waals surface area contributed by atoms with Gasteiger partial charge in [-0.1, -0.05) is 12.8 Å². The number of halogens is 2. The molecule has 5 nitrogen and oxygen atoms in total. The van der Waals surface area contributed by atoms with Crippen LogP contribution in [0.25, 0.3) is 0 Å². The number of nitrogens with one attached hydrogen (secondary N) is 2. The second kappa shape index (κ2) is 9.04. The van der Waals surface area contributed by atoms with Crippen molar-refractivity contribution >= 4 is 17.6 Å². The van der Waals surface area contributed by atoms with E-state index in [0.717, 1.165) is 25.7 Å². The monoisotopic (exact) mass is 350 g/mol. The first kappa shape index (κ1) is 18.7. The average molecular weight is 351 g/mol. The standard InChI is InChI=1S/C16H28ClFN2O3/c1-23-15-7-6-10(8-12(15)17)20-16(22)19-9-14(21)11-4-2-3-5-13(11)18/h10-15,21H,2-9H2,1H3,(H2,19,20,22)/t10?,11?,12?,13?,14-,15?/m1/s1. The van der Waals surface area contributed by atoms with E-state index >= 15 is 0 Å². The van der Waals surface area contributed by atoms with Gasteiger partial charge in [-0.25, -0.2) is 9.18 Å². The lowest BCUT2D eigenvalue weighted by atomic mass is 9.83. The maximum absolute atomic E-state index is 13.8. The highest BCUT2D eigenvalue weighted by molar-refractivity contribution is 6.21. The van der Waals surface area contributed by atoms with Crippen molar-refractivity contribution in [3.05, 3.63) is 0 Å². The molecule has 3 N–H and O–H groups in total. The lowest BCUT2D eigenvalue weighted by Crippen LogP contribution is -2.49. The number of hydrogen-bond acceptors (Lipinski definition) is 3. The number of rotatable bonds is 5. The van der Waals surface area contributed by atoms with Crippen LogP contribution in [0.15, 0.2) is 0 Å². The minimum Gasteiger partial charge on any atom is -0.391 e. The Kier molecular flexibility index (Phi) is 7.37. The van der Waals surface area contributed by atoms with Gasteiger partial charge in [0.1, 0.15) is 6.17 Å². The van der Waals surface area contributed by atoms with Crippen LogP contribution >= 0.6 is 11.6 Å². The minimum atomic E-state index is -0.968. The summed E-state index contributed by atoms with van der Waals surface area (Å²) >= 11 is 6.23. The number of hydrogen-bond donors (Lipinski definition) is 3. The summed E-state index contributed by atoms with van der Waals surface area (Å²) in [5, 5.41) is 15.5. The van der Waals surface area contributed by atoms with Crippen LogP contribution in [-0.2, 0) is 4.74 Å². The molecule has 0 radical (unpaired) electrons. The number of aliphatic hydroxyl groups is 1. The number of alkyl halides is 2. The molecule has 2 saturated carbocycles. The zero-order valence-corrected chi connectivity index (χ0v) is 14.4. The van der Waals surface area contributed by atoms with Crippen molar-refractivity contribution in [2.75, 3.05) is 13.7 Å². The van der Waals surface area contributed by atoms with Crippen molar-refractivity contribution in [1.29, 1.82) is 0 Å². The van der Waals surface area contributed by atoms with Gasteiger partial charge >= 0.3 is 6.03 Å². The van der Waals surface area contributed by atoms with Gasteiger partial charge in [-0.3, -0.25) is 0 Å². The van der Waals surface area contributed by atoms with Gasteiger partial charge < -0.3 is 20.5 Å². The number of ether oxygens (including phenoxy) is 1. The first-order valence-electron chi connectivity index (χ1n) is 8.54. The summed E-state index contributed by atoms with van der Waals surface area (Å²) in [5.74, 6) is -0.367. The predicted octanol–water partition coefficient (Wildman–Crippen LogP) is 2.35. The highest BCUT2D eigenvalue weighted by Gasteiger charge is 2.32. The van der Waals surface area contributed by atoms with E-state index in [9.17, 15) is 14.3 Å². The molecule has 23 heavy (non-hydrogen) atoms. The van der Waals surface area contributed by atoms with Gasteiger partial charge in [0.05, 0.1) is 17.6 Å². The first-order valence-corrected chi connectivity index (χ1v) is 8.98. The first-order chi connectivity index (χ1) is 11.0. The molecular formula is C16H28ClFN2O3. The zero-order valence-electron chi connectivity index (χ0n) is 13.6. The maximum Gasteiger partial charge on any atom is 0.315 e. The van der Waals surface area contributed by atoms with E-state index in [2.05, 4.69) is 10.6 Å².